The summed E-state index contributed by atoms with van der Waals surface area (Å²) in [6.07, 6.45) is 2.44. The molecule has 1 amide bonds. The van der Waals surface area contributed by atoms with Gasteiger partial charge >= 0.3 is 10.1 Å². The lowest BCUT2D eigenvalue weighted by Crippen LogP contribution is -2.27. The van der Waals surface area contributed by atoms with Gasteiger partial charge < -0.3 is 15.2 Å². The number of carbonyl (C=O) groups is 1. The van der Waals surface area contributed by atoms with E-state index in [1.54, 1.807) is 0 Å². The van der Waals surface area contributed by atoms with Crippen LogP contribution in [0, 0.1) is 5.92 Å². The van der Waals surface area contributed by atoms with Gasteiger partial charge in [-0.2, -0.15) is 8.42 Å². The summed E-state index contributed by atoms with van der Waals surface area (Å²) >= 11 is 0.835. The Kier molecular flexibility index (Phi) is 9.05. The van der Waals surface area contributed by atoms with Crippen LogP contribution in [-0.4, -0.2) is 34.8 Å². The third-order valence-corrected chi connectivity index (χ3v) is 5.94. The van der Waals surface area contributed by atoms with Crippen LogP contribution in [0.1, 0.15) is 30.6 Å². The highest BCUT2D eigenvalue weighted by molar-refractivity contribution is 8.07. The summed E-state index contributed by atoms with van der Waals surface area (Å²) in [6.45, 7) is 7.49. The first-order chi connectivity index (χ1) is 13.3. The molecule has 0 spiro atoms. The van der Waals surface area contributed by atoms with Crippen molar-refractivity contribution < 1.29 is 25.8 Å². The molecule has 1 aromatic carbocycles. The SMILES string of the molecule is C=C(NC(=O)c1cccc(OS(C)(=O)=O)c1)S/C(=C\N)NS(=O)(=O)CCC(C)C. The number of nitrogens with one attached hydrogen (secondary N) is 2. The molecule has 0 aromatic heterocycles. The molecule has 0 radical (unpaired) electrons. The zero-order chi connectivity index (χ0) is 22.2. The molecule has 9 nitrogen and oxygen atoms in total. The van der Waals surface area contributed by atoms with Gasteiger partial charge in [-0.05, 0) is 30.5 Å². The lowest BCUT2D eigenvalue weighted by atomic mass is 10.2. The van der Waals surface area contributed by atoms with Gasteiger partial charge in [0.15, 0.2) is 0 Å². The van der Waals surface area contributed by atoms with Crippen LogP contribution in [0.15, 0.2) is 47.1 Å². The second-order valence-corrected chi connectivity index (χ2v) is 11.0. The zero-order valence-corrected chi connectivity index (χ0v) is 18.8. The highest BCUT2D eigenvalue weighted by Crippen LogP contribution is 2.21. The second-order valence-electron chi connectivity index (χ2n) is 6.43. The first kappa shape index (κ1) is 24.9. The molecule has 0 unspecified atom stereocenters. The fourth-order valence-corrected chi connectivity index (χ4v) is 4.64. The fourth-order valence-electron chi connectivity index (χ4n) is 1.91. The molecule has 0 saturated heterocycles. The lowest BCUT2D eigenvalue weighted by molar-refractivity contribution is 0.0968. The van der Waals surface area contributed by atoms with Crippen LogP contribution < -0.4 is 20.0 Å². The number of carbonyl (C=O) groups excluding carboxylic acids is 1. The molecule has 1 aromatic rings. The minimum Gasteiger partial charge on any atom is -0.402 e. The van der Waals surface area contributed by atoms with E-state index in [1.807, 2.05) is 13.8 Å². The Balaban J connectivity index is 2.73. The Bertz CT molecular complexity index is 985. The van der Waals surface area contributed by atoms with Gasteiger partial charge in [-0.1, -0.05) is 38.3 Å². The minimum absolute atomic E-state index is 0.0149. The molecular formula is C17H25N3O6S3. The van der Waals surface area contributed by atoms with Crippen LogP contribution in [-0.2, 0) is 20.1 Å². The maximum atomic E-state index is 12.3. The van der Waals surface area contributed by atoms with Gasteiger partial charge in [-0.25, -0.2) is 8.42 Å². The number of amides is 1. The molecule has 0 atom stereocenters. The number of rotatable bonds is 11. The topological polar surface area (TPSA) is 145 Å². The Hall–Kier alpha value is -2.18. The van der Waals surface area contributed by atoms with E-state index in [0.717, 1.165) is 24.2 Å². The van der Waals surface area contributed by atoms with Crippen molar-refractivity contribution in [3.8, 4) is 5.75 Å². The zero-order valence-electron chi connectivity index (χ0n) is 16.3. The molecule has 12 heteroatoms. The molecule has 0 saturated carbocycles. The summed E-state index contributed by atoms with van der Waals surface area (Å²) in [5.74, 6) is -0.435. The Morgan fingerprint density at radius 1 is 1.31 bits per heavy atom. The van der Waals surface area contributed by atoms with E-state index in [4.69, 9.17) is 9.92 Å². The van der Waals surface area contributed by atoms with Crippen molar-refractivity contribution in [1.29, 1.82) is 0 Å². The smallest absolute Gasteiger partial charge is 0.306 e. The van der Waals surface area contributed by atoms with Gasteiger partial charge in [-0.15, -0.1) is 0 Å². The van der Waals surface area contributed by atoms with Crippen molar-refractivity contribution in [2.24, 2.45) is 11.7 Å². The van der Waals surface area contributed by atoms with Crippen molar-refractivity contribution in [3.05, 3.63) is 52.7 Å². The van der Waals surface area contributed by atoms with Crippen LogP contribution in [0.5, 0.6) is 5.75 Å². The predicted octanol–water partition coefficient (Wildman–Crippen LogP) is 1.68. The van der Waals surface area contributed by atoms with Crippen molar-refractivity contribution in [1.82, 2.24) is 10.0 Å². The van der Waals surface area contributed by atoms with E-state index in [0.29, 0.717) is 6.42 Å². The number of hydrogen-bond acceptors (Lipinski definition) is 8. The number of thioether (sulfide) groups is 1. The number of nitrogens with two attached hydrogens (primary N) is 1. The molecule has 0 aliphatic carbocycles. The van der Waals surface area contributed by atoms with Crippen molar-refractivity contribution >= 4 is 37.8 Å². The molecule has 0 aliphatic rings. The molecule has 0 heterocycles. The number of hydrogen-bond donors (Lipinski definition) is 3. The average molecular weight is 464 g/mol. The van der Waals surface area contributed by atoms with Crippen LogP contribution in [0.4, 0.5) is 0 Å². The number of sulfonamides is 1. The van der Waals surface area contributed by atoms with Crippen LogP contribution in [0.3, 0.4) is 0 Å². The van der Waals surface area contributed by atoms with E-state index < -0.39 is 26.0 Å². The quantitative estimate of drug-likeness (QED) is 0.420. The van der Waals surface area contributed by atoms with Crippen molar-refractivity contribution in [2.45, 2.75) is 20.3 Å². The summed E-state index contributed by atoms with van der Waals surface area (Å²) in [7, 11) is -7.31. The highest BCUT2D eigenvalue weighted by atomic mass is 32.2. The van der Waals surface area contributed by atoms with Gasteiger partial charge in [0.1, 0.15) is 10.8 Å². The maximum Gasteiger partial charge on any atom is 0.306 e. The van der Waals surface area contributed by atoms with Gasteiger partial charge in [-0.3, -0.25) is 9.52 Å². The van der Waals surface area contributed by atoms with Gasteiger partial charge in [0.05, 0.1) is 17.0 Å². The van der Waals surface area contributed by atoms with Gasteiger partial charge in [0, 0.05) is 11.8 Å². The van der Waals surface area contributed by atoms with E-state index in [2.05, 4.69) is 16.6 Å². The molecule has 0 fully saturated rings. The van der Waals surface area contributed by atoms with Gasteiger partial charge in [0.25, 0.3) is 5.91 Å². The van der Waals surface area contributed by atoms with E-state index in [1.165, 1.54) is 24.3 Å². The Morgan fingerprint density at radius 2 is 1.97 bits per heavy atom. The number of benzene rings is 1. The molecule has 1 rings (SSSR count). The summed E-state index contributed by atoms with van der Waals surface area (Å²) in [5, 5.41) is 2.69. The normalized spacial score (nSPS) is 12.5. The summed E-state index contributed by atoms with van der Waals surface area (Å²) in [4.78, 5) is 12.3. The molecule has 0 aliphatic heterocycles. The molecule has 29 heavy (non-hydrogen) atoms. The minimum atomic E-state index is -3.73. The van der Waals surface area contributed by atoms with E-state index >= 15 is 0 Å². The third kappa shape index (κ3) is 10.2. The summed E-state index contributed by atoms with van der Waals surface area (Å²) in [6, 6.07) is 5.56. The lowest BCUT2D eigenvalue weighted by Gasteiger charge is -2.14. The summed E-state index contributed by atoms with van der Waals surface area (Å²) < 4.78 is 53.6. The first-order valence-electron chi connectivity index (χ1n) is 8.41. The summed E-state index contributed by atoms with van der Waals surface area (Å²) in [5.41, 5.74) is 5.60. The molecule has 162 valence electrons. The van der Waals surface area contributed by atoms with E-state index in [9.17, 15) is 21.6 Å². The Morgan fingerprint density at radius 3 is 2.52 bits per heavy atom. The highest BCUT2D eigenvalue weighted by Gasteiger charge is 2.16. The maximum absolute atomic E-state index is 12.3. The van der Waals surface area contributed by atoms with Crippen molar-refractivity contribution in [3.63, 3.8) is 0 Å². The monoisotopic (exact) mass is 463 g/mol. The molecule has 4 N–H and O–H groups in total. The molecule has 0 bridgehead atoms. The molecular weight excluding hydrogens is 438 g/mol. The van der Waals surface area contributed by atoms with Crippen LogP contribution in [0.25, 0.3) is 0 Å². The predicted molar refractivity (Wildman–Crippen MR) is 115 cm³/mol. The largest absolute Gasteiger partial charge is 0.402 e. The third-order valence-electron chi connectivity index (χ3n) is 3.20. The fraction of sp³-hybridized carbons (Fsp3) is 0.353. The Labute approximate surface area is 175 Å². The average Bonchev–Trinajstić information content (AvgIpc) is 2.58. The van der Waals surface area contributed by atoms with Crippen LogP contribution in [0.2, 0.25) is 0 Å². The van der Waals surface area contributed by atoms with Crippen molar-refractivity contribution in [2.75, 3.05) is 12.0 Å². The van der Waals surface area contributed by atoms with Crippen LogP contribution >= 0.6 is 11.8 Å². The standard InChI is InChI=1S/C17H25N3O6S3/c1-12(2)8-9-29(24,25)20-16(11-18)27-13(3)19-17(21)14-6-5-7-15(10-14)26-28(4,22)23/h5-7,10-12,20H,3,8-9,18H2,1-2,4H3,(H,19,21)/b16-11-. The van der Waals surface area contributed by atoms with E-state index in [-0.39, 0.29) is 33.0 Å². The second kappa shape index (κ2) is 10.6. The first-order valence-corrected chi connectivity index (χ1v) is 12.7. The van der Waals surface area contributed by atoms with Gasteiger partial charge in [0.2, 0.25) is 10.0 Å².